The molecule has 0 heterocycles. The number of benzene rings is 2. The van der Waals surface area contributed by atoms with Crippen molar-refractivity contribution < 1.29 is 9.13 Å². The second-order valence-electron chi connectivity index (χ2n) is 3.84. The van der Waals surface area contributed by atoms with E-state index in [4.69, 9.17) is 16.3 Å². The van der Waals surface area contributed by atoms with Crippen LogP contribution in [0.5, 0.6) is 0 Å². The minimum atomic E-state index is -0.279. The van der Waals surface area contributed by atoms with E-state index in [1.165, 1.54) is 6.07 Å². The molecule has 4 heteroatoms. The first-order valence-electron chi connectivity index (χ1n) is 5.42. The largest absolute Gasteiger partial charge is 0.372 e. The molecule has 0 aliphatic rings. The van der Waals surface area contributed by atoms with Crippen LogP contribution in [0.4, 0.5) is 4.39 Å². The Balaban J connectivity index is 1.94. The average Bonchev–Trinajstić information content (AvgIpc) is 2.35. The lowest BCUT2D eigenvalue weighted by Crippen LogP contribution is -1.96. The molecule has 94 valence electrons. The van der Waals surface area contributed by atoms with Gasteiger partial charge in [0.1, 0.15) is 5.82 Å². The maximum atomic E-state index is 13.3. The SMILES string of the molecule is Fc1cccc(COCc2cccc(Cl)c2)c1Br. The number of halogens is 3. The lowest BCUT2D eigenvalue weighted by Gasteiger charge is -2.07. The summed E-state index contributed by atoms with van der Waals surface area (Å²) in [7, 11) is 0. The van der Waals surface area contributed by atoms with Crippen LogP contribution in [0, 0.1) is 5.82 Å². The summed E-state index contributed by atoms with van der Waals surface area (Å²) in [6.07, 6.45) is 0. The van der Waals surface area contributed by atoms with E-state index in [2.05, 4.69) is 15.9 Å². The number of hydrogen-bond donors (Lipinski definition) is 0. The highest BCUT2D eigenvalue weighted by molar-refractivity contribution is 9.10. The Morgan fingerprint density at radius 3 is 2.67 bits per heavy atom. The van der Waals surface area contributed by atoms with Crippen LogP contribution in [-0.4, -0.2) is 0 Å². The molecule has 2 aromatic rings. The smallest absolute Gasteiger partial charge is 0.137 e. The molecule has 0 bridgehead atoms. The quantitative estimate of drug-likeness (QED) is 0.770. The predicted molar refractivity (Wildman–Crippen MR) is 74.0 cm³/mol. The Bertz CT molecular complexity index is 545. The van der Waals surface area contributed by atoms with Gasteiger partial charge in [0.15, 0.2) is 0 Å². The van der Waals surface area contributed by atoms with Crippen LogP contribution in [-0.2, 0) is 18.0 Å². The molecule has 0 amide bonds. The molecule has 0 aromatic heterocycles. The average molecular weight is 330 g/mol. The molecule has 1 nitrogen and oxygen atoms in total. The zero-order valence-electron chi connectivity index (χ0n) is 9.50. The third-order valence-electron chi connectivity index (χ3n) is 2.45. The summed E-state index contributed by atoms with van der Waals surface area (Å²) < 4.78 is 19.3. The monoisotopic (exact) mass is 328 g/mol. The van der Waals surface area contributed by atoms with Gasteiger partial charge in [-0.2, -0.15) is 0 Å². The summed E-state index contributed by atoms with van der Waals surface area (Å²) in [5, 5.41) is 0.683. The van der Waals surface area contributed by atoms with Crippen LogP contribution in [0.25, 0.3) is 0 Å². The normalized spacial score (nSPS) is 10.6. The highest BCUT2D eigenvalue weighted by atomic mass is 79.9. The number of ether oxygens (including phenoxy) is 1. The zero-order chi connectivity index (χ0) is 13.0. The Labute approximate surface area is 119 Å². The van der Waals surface area contributed by atoms with Crippen molar-refractivity contribution in [2.75, 3.05) is 0 Å². The van der Waals surface area contributed by atoms with E-state index in [0.717, 1.165) is 11.1 Å². The standard InChI is InChI=1S/C14H11BrClFO/c15-14-11(4-2-6-13(14)17)9-18-8-10-3-1-5-12(16)7-10/h1-7H,8-9H2. The molecule has 0 unspecified atom stereocenters. The first kappa shape index (κ1) is 13.5. The Morgan fingerprint density at radius 2 is 1.89 bits per heavy atom. The predicted octanol–water partition coefficient (Wildman–Crippen LogP) is 4.96. The number of rotatable bonds is 4. The molecule has 0 aliphatic heterocycles. The van der Waals surface area contributed by atoms with Gasteiger partial charge in [0.25, 0.3) is 0 Å². The Morgan fingerprint density at radius 1 is 1.11 bits per heavy atom. The third kappa shape index (κ3) is 3.55. The highest BCUT2D eigenvalue weighted by Crippen LogP contribution is 2.21. The van der Waals surface area contributed by atoms with E-state index in [0.29, 0.717) is 22.7 Å². The molecule has 0 saturated heterocycles. The minimum absolute atomic E-state index is 0.279. The van der Waals surface area contributed by atoms with E-state index in [9.17, 15) is 4.39 Å². The topological polar surface area (TPSA) is 9.23 Å². The van der Waals surface area contributed by atoms with E-state index in [1.807, 2.05) is 30.3 Å². The van der Waals surface area contributed by atoms with Gasteiger partial charge in [-0.25, -0.2) is 4.39 Å². The van der Waals surface area contributed by atoms with Crippen molar-refractivity contribution in [2.24, 2.45) is 0 Å². The lowest BCUT2D eigenvalue weighted by molar-refractivity contribution is 0.106. The molecule has 0 fully saturated rings. The molecule has 0 saturated carbocycles. The fourth-order valence-electron chi connectivity index (χ4n) is 1.57. The minimum Gasteiger partial charge on any atom is -0.372 e. The summed E-state index contributed by atoms with van der Waals surface area (Å²) in [6, 6.07) is 12.4. The van der Waals surface area contributed by atoms with Crippen molar-refractivity contribution in [3.8, 4) is 0 Å². The fraction of sp³-hybridized carbons (Fsp3) is 0.143. The van der Waals surface area contributed by atoms with Crippen molar-refractivity contribution in [1.82, 2.24) is 0 Å². The highest BCUT2D eigenvalue weighted by Gasteiger charge is 2.05. The van der Waals surface area contributed by atoms with E-state index in [1.54, 1.807) is 6.07 Å². The van der Waals surface area contributed by atoms with Crippen LogP contribution in [0.3, 0.4) is 0 Å². The molecule has 0 atom stereocenters. The lowest BCUT2D eigenvalue weighted by atomic mass is 10.2. The van der Waals surface area contributed by atoms with E-state index in [-0.39, 0.29) is 5.82 Å². The van der Waals surface area contributed by atoms with Gasteiger partial charge in [-0.15, -0.1) is 0 Å². The molecule has 2 rings (SSSR count). The Kier molecular flexibility index (Phi) is 4.75. The van der Waals surface area contributed by atoms with Crippen LogP contribution >= 0.6 is 27.5 Å². The first-order valence-corrected chi connectivity index (χ1v) is 6.59. The maximum absolute atomic E-state index is 13.3. The van der Waals surface area contributed by atoms with Gasteiger partial charge in [-0.3, -0.25) is 0 Å². The second-order valence-corrected chi connectivity index (χ2v) is 5.07. The van der Waals surface area contributed by atoms with Crippen LogP contribution in [0.1, 0.15) is 11.1 Å². The van der Waals surface area contributed by atoms with Gasteiger partial charge in [-0.1, -0.05) is 35.9 Å². The molecule has 0 aliphatic carbocycles. The van der Waals surface area contributed by atoms with E-state index >= 15 is 0 Å². The second kappa shape index (κ2) is 6.32. The summed E-state index contributed by atoms with van der Waals surface area (Å²) >= 11 is 9.08. The third-order valence-corrected chi connectivity index (χ3v) is 3.57. The van der Waals surface area contributed by atoms with Gasteiger partial charge in [0.2, 0.25) is 0 Å². The van der Waals surface area contributed by atoms with Crippen molar-refractivity contribution in [3.05, 3.63) is 68.9 Å². The summed E-state index contributed by atoms with van der Waals surface area (Å²) in [5.41, 5.74) is 1.78. The summed E-state index contributed by atoms with van der Waals surface area (Å²) in [4.78, 5) is 0. The van der Waals surface area contributed by atoms with Gasteiger partial charge in [0.05, 0.1) is 17.7 Å². The molecule has 0 N–H and O–H groups in total. The molecule has 2 aromatic carbocycles. The van der Waals surface area contributed by atoms with Gasteiger partial charge in [-0.05, 0) is 45.3 Å². The molecular weight excluding hydrogens is 319 g/mol. The molecule has 0 radical (unpaired) electrons. The van der Waals surface area contributed by atoms with Crippen LogP contribution in [0.15, 0.2) is 46.9 Å². The van der Waals surface area contributed by atoms with Crippen molar-refractivity contribution in [1.29, 1.82) is 0 Å². The molecule has 18 heavy (non-hydrogen) atoms. The van der Waals surface area contributed by atoms with Crippen LogP contribution in [0.2, 0.25) is 5.02 Å². The van der Waals surface area contributed by atoms with Gasteiger partial charge >= 0.3 is 0 Å². The maximum Gasteiger partial charge on any atom is 0.137 e. The number of hydrogen-bond acceptors (Lipinski definition) is 1. The van der Waals surface area contributed by atoms with Gasteiger partial charge in [0, 0.05) is 5.02 Å². The van der Waals surface area contributed by atoms with Crippen molar-refractivity contribution in [3.63, 3.8) is 0 Å². The zero-order valence-corrected chi connectivity index (χ0v) is 11.8. The summed E-state index contributed by atoms with van der Waals surface area (Å²) in [5.74, 6) is -0.279. The van der Waals surface area contributed by atoms with Gasteiger partial charge < -0.3 is 4.74 Å². The molecular formula is C14H11BrClFO. The Hall–Kier alpha value is -0.900. The summed E-state index contributed by atoms with van der Waals surface area (Å²) in [6.45, 7) is 0.800. The van der Waals surface area contributed by atoms with Crippen molar-refractivity contribution >= 4 is 27.5 Å². The molecule has 0 spiro atoms. The van der Waals surface area contributed by atoms with E-state index < -0.39 is 0 Å². The fourth-order valence-corrected chi connectivity index (χ4v) is 2.16. The first-order chi connectivity index (χ1) is 8.66. The van der Waals surface area contributed by atoms with Crippen LogP contribution < -0.4 is 0 Å². The van der Waals surface area contributed by atoms with Crippen molar-refractivity contribution in [2.45, 2.75) is 13.2 Å².